The fraction of sp³-hybridized carbons (Fsp3) is 0.176. The van der Waals surface area contributed by atoms with Crippen molar-refractivity contribution in [2.45, 2.75) is 6.10 Å². The summed E-state index contributed by atoms with van der Waals surface area (Å²) in [7, 11) is 1.42. The van der Waals surface area contributed by atoms with E-state index in [1.807, 2.05) is 6.07 Å². The summed E-state index contributed by atoms with van der Waals surface area (Å²) in [5, 5.41) is 0.575. The number of nitrogens with one attached hydrogen (secondary N) is 2. The topological polar surface area (TPSA) is 76.7 Å². The quantitative estimate of drug-likeness (QED) is 0.785. The van der Waals surface area contributed by atoms with Gasteiger partial charge < -0.3 is 9.47 Å². The molecule has 2 amide bonds. The van der Waals surface area contributed by atoms with Crippen molar-refractivity contribution in [1.82, 2.24) is 10.9 Å². The lowest BCUT2D eigenvalue weighted by Crippen LogP contribution is -2.46. The Morgan fingerprint density at radius 3 is 2.33 bits per heavy atom. The van der Waals surface area contributed by atoms with Gasteiger partial charge in [-0.1, -0.05) is 41.9 Å². The van der Waals surface area contributed by atoms with E-state index < -0.39 is 17.9 Å². The van der Waals surface area contributed by atoms with Gasteiger partial charge >= 0.3 is 0 Å². The van der Waals surface area contributed by atoms with Crippen LogP contribution in [0.2, 0.25) is 5.02 Å². The molecule has 126 valence electrons. The molecule has 0 bridgehead atoms. The highest BCUT2D eigenvalue weighted by Crippen LogP contribution is 2.16. The molecule has 0 unspecified atom stereocenters. The van der Waals surface area contributed by atoms with Crippen molar-refractivity contribution in [2.24, 2.45) is 0 Å². The Balaban J connectivity index is 1.80. The zero-order valence-corrected chi connectivity index (χ0v) is 13.7. The standard InChI is InChI=1S/C17H17ClN2O4/c1-23-16(12-5-3-2-4-6-12)17(22)20-19-15(21)11-24-14-9-7-13(18)8-10-14/h2-10,16H,11H2,1H3,(H,19,21)(H,20,22)/t16-/m0/s1. The summed E-state index contributed by atoms with van der Waals surface area (Å²) in [5.41, 5.74) is 5.28. The molecule has 0 saturated heterocycles. The summed E-state index contributed by atoms with van der Waals surface area (Å²) in [4.78, 5) is 23.8. The second-order valence-corrected chi connectivity index (χ2v) is 5.24. The van der Waals surface area contributed by atoms with E-state index in [2.05, 4.69) is 10.9 Å². The first-order chi connectivity index (χ1) is 11.6. The Bertz CT molecular complexity index is 677. The highest BCUT2D eigenvalue weighted by atomic mass is 35.5. The minimum Gasteiger partial charge on any atom is -0.484 e. The minimum absolute atomic E-state index is 0.245. The molecule has 0 spiro atoms. The lowest BCUT2D eigenvalue weighted by molar-refractivity contribution is -0.136. The third-order valence-corrected chi connectivity index (χ3v) is 3.34. The molecule has 0 radical (unpaired) electrons. The van der Waals surface area contributed by atoms with Crippen LogP contribution < -0.4 is 15.6 Å². The molecule has 7 heteroatoms. The molecule has 2 aromatic rings. The molecule has 2 N–H and O–H groups in total. The normalized spacial score (nSPS) is 11.4. The molecule has 0 aliphatic heterocycles. The molecule has 0 heterocycles. The summed E-state index contributed by atoms with van der Waals surface area (Å²) in [5.74, 6) is -0.482. The molecular formula is C17H17ClN2O4. The van der Waals surface area contributed by atoms with E-state index in [1.165, 1.54) is 7.11 Å². The Morgan fingerprint density at radius 1 is 1.04 bits per heavy atom. The first-order valence-corrected chi connectivity index (χ1v) is 7.52. The number of hydrazine groups is 1. The number of methoxy groups -OCH3 is 1. The van der Waals surface area contributed by atoms with Crippen LogP contribution in [0.1, 0.15) is 11.7 Å². The van der Waals surface area contributed by atoms with Crippen molar-refractivity contribution < 1.29 is 19.1 Å². The van der Waals surface area contributed by atoms with Crippen LogP contribution in [0, 0.1) is 0 Å². The first kappa shape index (κ1) is 17.8. The molecule has 24 heavy (non-hydrogen) atoms. The second-order valence-electron chi connectivity index (χ2n) is 4.81. The van der Waals surface area contributed by atoms with Crippen LogP contribution in [0.5, 0.6) is 5.75 Å². The highest BCUT2D eigenvalue weighted by molar-refractivity contribution is 6.30. The number of rotatable bonds is 6. The van der Waals surface area contributed by atoms with Crippen molar-refractivity contribution in [1.29, 1.82) is 0 Å². The van der Waals surface area contributed by atoms with E-state index in [9.17, 15) is 9.59 Å². The predicted molar refractivity (Wildman–Crippen MR) is 89.4 cm³/mol. The van der Waals surface area contributed by atoms with E-state index in [1.54, 1.807) is 48.5 Å². The van der Waals surface area contributed by atoms with Crippen LogP contribution in [0.4, 0.5) is 0 Å². The molecule has 6 nitrogen and oxygen atoms in total. The smallest absolute Gasteiger partial charge is 0.276 e. The maximum atomic E-state index is 12.1. The predicted octanol–water partition coefficient (Wildman–Crippen LogP) is 2.25. The number of hydrogen-bond donors (Lipinski definition) is 2. The summed E-state index contributed by atoms with van der Waals surface area (Å²) in [6.07, 6.45) is -0.816. The van der Waals surface area contributed by atoms with Crippen molar-refractivity contribution in [3.63, 3.8) is 0 Å². The molecule has 1 atom stereocenters. The largest absolute Gasteiger partial charge is 0.484 e. The van der Waals surface area contributed by atoms with Gasteiger partial charge in [0.25, 0.3) is 11.8 Å². The minimum atomic E-state index is -0.816. The first-order valence-electron chi connectivity index (χ1n) is 7.15. The van der Waals surface area contributed by atoms with Gasteiger partial charge in [-0.3, -0.25) is 20.4 Å². The van der Waals surface area contributed by atoms with E-state index >= 15 is 0 Å². The molecule has 0 fully saturated rings. The van der Waals surface area contributed by atoms with Gasteiger partial charge in [0.1, 0.15) is 5.75 Å². The van der Waals surface area contributed by atoms with Crippen LogP contribution in [0.25, 0.3) is 0 Å². The number of halogens is 1. The summed E-state index contributed by atoms with van der Waals surface area (Å²) >= 11 is 5.76. The number of carbonyl (C=O) groups is 2. The summed E-state index contributed by atoms with van der Waals surface area (Å²) in [6.45, 7) is -0.245. The number of amides is 2. The van der Waals surface area contributed by atoms with E-state index in [0.29, 0.717) is 16.3 Å². The molecule has 2 aromatic carbocycles. The van der Waals surface area contributed by atoms with E-state index in [4.69, 9.17) is 21.1 Å². The van der Waals surface area contributed by atoms with Crippen molar-refractivity contribution in [2.75, 3.05) is 13.7 Å². The number of ether oxygens (including phenoxy) is 2. The van der Waals surface area contributed by atoms with E-state index in [0.717, 1.165) is 0 Å². The molecule has 2 rings (SSSR count). The van der Waals surface area contributed by atoms with Gasteiger partial charge in [-0.2, -0.15) is 0 Å². The fourth-order valence-electron chi connectivity index (χ4n) is 1.93. The van der Waals surface area contributed by atoms with Gasteiger partial charge in [0, 0.05) is 12.1 Å². The van der Waals surface area contributed by atoms with Crippen molar-refractivity contribution >= 4 is 23.4 Å². The lowest BCUT2D eigenvalue weighted by atomic mass is 10.1. The molecule has 0 aromatic heterocycles. The maximum Gasteiger partial charge on any atom is 0.276 e. The zero-order valence-electron chi connectivity index (χ0n) is 13.0. The molecular weight excluding hydrogens is 332 g/mol. The SMILES string of the molecule is CO[C@H](C(=O)NNC(=O)COc1ccc(Cl)cc1)c1ccccc1. The Morgan fingerprint density at radius 2 is 1.71 bits per heavy atom. The lowest BCUT2D eigenvalue weighted by Gasteiger charge is -2.16. The summed E-state index contributed by atoms with van der Waals surface area (Å²) in [6, 6.07) is 15.6. The van der Waals surface area contributed by atoms with Gasteiger partial charge in [0.05, 0.1) is 0 Å². The number of hydrogen-bond acceptors (Lipinski definition) is 4. The molecule has 0 aliphatic rings. The van der Waals surface area contributed by atoms with Crippen LogP contribution >= 0.6 is 11.6 Å². The van der Waals surface area contributed by atoms with Crippen LogP contribution in [0.15, 0.2) is 54.6 Å². The van der Waals surface area contributed by atoms with Gasteiger partial charge in [-0.05, 0) is 29.8 Å². The van der Waals surface area contributed by atoms with Crippen molar-refractivity contribution in [3.05, 3.63) is 65.2 Å². The Hall–Kier alpha value is -2.57. The second kappa shape index (κ2) is 8.90. The van der Waals surface area contributed by atoms with Crippen LogP contribution in [0.3, 0.4) is 0 Å². The van der Waals surface area contributed by atoms with Crippen LogP contribution in [-0.2, 0) is 14.3 Å². The maximum absolute atomic E-state index is 12.1. The van der Waals surface area contributed by atoms with Gasteiger partial charge in [0.2, 0.25) is 0 Å². The molecule has 0 aliphatic carbocycles. The Kier molecular flexibility index (Phi) is 6.60. The fourth-order valence-corrected chi connectivity index (χ4v) is 2.06. The monoisotopic (exact) mass is 348 g/mol. The van der Waals surface area contributed by atoms with Crippen molar-refractivity contribution in [3.8, 4) is 5.75 Å². The van der Waals surface area contributed by atoms with Gasteiger partial charge in [0.15, 0.2) is 12.7 Å². The summed E-state index contributed by atoms with van der Waals surface area (Å²) < 4.78 is 10.4. The van der Waals surface area contributed by atoms with Gasteiger partial charge in [-0.25, -0.2) is 0 Å². The highest BCUT2D eigenvalue weighted by Gasteiger charge is 2.20. The third-order valence-electron chi connectivity index (χ3n) is 3.08. The van der Waals surface area contributed by atoms with E-state index in [-0.39, 0.29) is 6.61 Å². The molecule has 0 saturated carbocycles. The number of benzene rings is 2. The van der Waals surface area contributed by atoms with Crippen LogP contribution in [-0.4, -0.2) is 25.5 Å². The third kappa shape index (κ3) is 5.26. The average molecular weight is 349 g/mol. The number of carbonyl (C=O) groups excluding carboxylic acids is 2. The van der Waals surface area contributed by atoms with Gasteiger partial charge in [-0.15, -0.1) is 0 Å². The Labute approximate surface area is 144 Å². The zero-order chi connectivity index (χ0) is 17.4. The average Bonchev–Trinajstić information content (AvgIpc) is 2.61.